The molecule has 0 aliphatic heterocycles. The van der Waals surface area contributed by atoms with Crippen molar-refractivity contribution < 1.29 is 0 Å². The summed E-state index contributed by atoms with van der Waals surface area (Å²) < 4.78 is 1.93. The van der Waals surface area contributed by atoms with E-state index in [1.165, 1.54) is 17.2 Å². The quantitative estimate of drug-likeness (QED) is 0.803. The first-order valence-electron chi connectivity index (χ1n) is 3.62. The second kappa shape index (κ2) is 3.70. The highest BCUT2D eigenvalue weighted by atomic mass is 127. The minimum atomic E-state index is -0.192. The number of halogens is 2. The van der Waals surface area contributed by atoms with Crippen LogP contribution in [0, 0.1) is 3.57 Å². The van der Waals surface area contributed by atoms with E-state index in [2.05, 4.69) is 15.1 Å². The third kappa shape index (κ3) is 1.67. The summed E-state index contributed by atoms with van der Waals surface area (Å²) in [4.78, 5) is 17.7. The third-order valence-corrected chi connectivity index (χ3v) is 2.71. The van der Waals surface area contributed by atoms with Crippen LogP contribution in [-0.2, 0) is 0 Å². The molecule has 0 aliphatic rings. The summed E-state index contributed by atoms with van der Waals surface area (Å²) in [6.07, 6.45) is 4.40. The number of rotatable bonds is 1. The molecule has 14 heavy (non-hydrogen) atoms. The van der Waals surface area contributed by atoms with Crippen molar-refractivity contribution in [3.8, 4) is 5.82 Å². The predicted molar refractivity (Wildman–Crippen MR) is 59.7 cm³/mol. The highest BCUT2D eigenvalue weighted by Crippen LogP contribution is 2.12. The minimum Gasteiger partial charge on any atom is -0.312 e. The molecule has 0 amide bonds. The lowest BCUT2D eigenvalue weighted by Gasteiger charge is -2.00. The fourth-order valence-electron chi connectivity index (χ4n) is 0.950. The van der Waals surface area contributed by atoms with Crippen LogP contribution in [0.25, 0.3) is 5.82 Å². The molecule has 0 bridgehead atoms. The molecule has 2 rings (SSSR count). The van der Waals surface area contributed by atoms with E-state index in [9.17, 15) is 4.79 Å². The molecule has 0 fully saturated rings. The number of H-pyrrole nitrogens is 1. The Bertz CT molecular complexity index is 520. The molecule has 2 heterocycles. The highest BCUT2D eigenvalue weighted by molar-refractivity contribution is 14.1. The van der Waals surface area contributed by atoms with E-state index >= 15 is 0 Å². The predicted octanol–water partition coefficient (Wildman–Crippen LogP) is 1.21. The summed E-state index contributed by atoms with van der Waals surface area (Å²) in [6.45, 7) is 0. The van der Waals surface area contributed by atoms with Gasteiger partial charge in [0.2, 0.25) is 0 Å². The Morgan fingerprint density at radius 2 is 2.36 bits per heavy atom. The van der Waals surface area contributed by atoms with Crippen LogP contribution >= 0.6 is 34.2 Å². The Morgan fingerprint density at radius 1 is 1.57 bits per heavy atom. The van der Waals surface area contributed by atoms with Gasteiger partial charge in [0.25, 0.3) is 5.56 Å². The van der Waals surface area contributed by atoms with Crippen molar-refractivity contribution in [2.24, 2.45) is 0 Å². The average Bonchev–Trinajstić information content (AvgIpc) is 2.57. The van der Waals surface area contributed by atoms with Gasteiger partial charge in [-0.15, -0.1) is 0 Å². The van der Waals surface area contributed by atoms with Gasteiger partial charge in [0.05, 0.1) is 23.7 Å². The fraction of sp³-hybridized carbons (Fsp3) is 0. The lowest BCUT2D eigenvalue weighted by atomic mass is 10.6. The topological polar surface area (TPSA) is 63.6 Å². The van der Waals surface area contributed by atoms with Gasteiger partial charge in [-0.2, -0.15) is 5.10 Å². The number of nitrogens with one attached hydrogen (secondary N) is 1. The van der Waals surface area contributed by atoms with Crippen LogP contribution in [-0.4, -0.2) is 19.7 Å². The van der Waals surface area contributed by atoms with E-state index in [0.29, 0.717) is 14.4 Å². The maximum Gasteiger partial charge on any atom is 0.266 e. The van der Waals surface area contributed by atoms with Crippen molar-refractivity contribution in [3.63, 3.8) is 0 Å². The van der Waals surface area contributed by atoms with E-state index < -0.39 is 0 Å². The second-order valence-electron chi connectivity index (χ2n) is 2.47. The molecule has 0 saturated heterocycles. The van der Waals surface area contributed by atoms with Crippen molar-refractivity contribution >= 4 is 34.2 Å². The van der Waals surface area contributed by atoms with E-state index in [1.54, 1.807) is 6.20 Å². The lowest BCUT2D eigenvalue weighted by molar-refractivity contribution is 0.827. The molecule has 72 valence electrons. The monoisotopic (exact) mass is 322 g/mol. The van der Waals surface area contributed by atoms with Crippen molar-refractivity contribution in [3.05, 3.63) is 37.7 Å². The van der Waals surface area contributed by atoms with Crippen molar-refractivity contribution in [1.29, 1.82) is 0 Å². The molecule has 2 aromatic rings. The lowest BCUT2D eigenvalue weighted by Crippen LogP contribution is -2.15. The van der Waals surface area contributed by atoms with Crippen LogP contribution in [0.3, 0.4) is 0 Å². The molecule has 0 aromatic carbocycles. The highest BCUT2D eigenvalue weighted by Gasteiger charge is 2.07. The summed E-state index contributed by atoms with van der Waals surface area (Å²) >= 11 is 7.61. The van der Waals surface area contributed by atoms with Crippen molar-refractivity contribution in [2.45, 2.75) is 0 Å². The molecule has 0 saturated carbocycles. The van der Waals surface area contributed by atoms with Crippen molar-refractivity contribution in [1.82, 2.24) is 19.7 Å². The Hall–Kier alpha value is -0.890. The Kier molecular flexibility index (Phi) is 2.55. The van der Waals surface area contributed by atoms with E-state index in [1.807, 2.05) is 22.6 Å². The summed E-state index contributed by atoms with van der Waals surface area (Å²) in [7, 11) is 0. The number of aromatic amines is 1. The first-order chi connectivity index (χ1) is 6.68. The molecule has 0 unspecified atom stereocenters. The van der Waals surface area contributed by atoms with Gasteiger partial charge in [-0.05, 0) is 22.6 Å². The van der Waals surface area contributed by atoms with Crippen LogP contribution in [0.2, 0.25) is 5.02 Å². The largest absolute Gasteiger partial charge is 0.312 e. The molecule has 1 N–H and O–H groups in total. The summed E-state index contributed by atoms with van der Waals surface area (Å²) in [5.74, 6) is 0.473. The smallest absolute Gasteiger partial charge is 0.266 e. The Morgan fingerprint density at radius 3 is 3.00 bits per heavy atom. The number of hydrogen-bond acceptors (Lipinski definition) is 3. The molecule has 7 heteroatoms. The van der Waals surface area contributed by atoms with E-state index in [0.717, 1.165) is 0 Å². The average molecular weight is 322 g/mol. The number of aromatic nitrogens is 4. The molecular weight excluding hydrogens is 318 g/mol. The standard InChI is InChI=1S/C7H4ClIN4O/c8-4-1-12-13(2-4)6-5(9)7(14)11-3-10-6/h1-3H,(H,10,11,14). The number of hydrogen-bond donors (Lipinski definition) is 1. The summed E-state index contributed by atoms with van der Waals surface area (Å²) in [5.41, 5.74) is -0.192. The fourth-order valence-corrected chi connectivity index (χ4v) is 1.63. The zero-order valence-electron chi connectivity index (χ0n) is 6.74. The Balaban J connectivity index is 2.63. The zero-order valence-corrected chi connectivity index (χ0v) is 9.65. The van der Waals surface area contributed by atoms with Crippen LogP contribution in [0.1, 0.15) is 0 Å². The first kappa shape index (κ1) is 9.66. The zero-order chi connectivity index (χ0) is 10.1. The van der Waals surface area contributed by atoms with Crippen molar-refractivity contribution in [2.75, 3.05) is 0 Å². The van der Waals surface area contributed by atoms with Gasteiger partial charge in [-0.25, -0.2) is 9.67 Å². The molecule has 2 aromatic heterocycles. The molecule has 0 spiro atoms. The normalized spacial score (nSPS) is 10.4. The number of nitrogens with zero attached hydrogens (tertiary/aromatic N) is 3. The van der Waals surface area contributed by atoms with Crippen LogP contribution in [0.5, 0.6) is 0 Å². The van der Waals surface area contributed by atoms with Crippen LogP contribution in [0.15, 0.2) is 23.5 Å². The second-order valence-corrected chi connectivity index (χ2v) is 3.99. The van der Waals surface area contributed by atoms with Crippen LogP contribution < -0.4 is 5.56 Å². The molecule has 5 nitrogen and oxygen atoms in total. The third-order valence-electron chi connectivity index (χ3n) is 1.55. The summed E-state index contributed by atoms with van der Waals surface area (Å²) in [6, 6.07) is 0. The molecule has 0 radical (unpaired) electrons. The van der Waals surface area contributed by atoms with Gasteiger partial charge in [-0.1, -0.05) is 11.6 Å². The maximum atomic E-state index is 11.2. The Labute approximate surface area is 97.3 Å². The van der Waals surface area contributed by atoms with E-state index in [4.69, 9.17) is 11.6 Å². The van der Waals surface area contributed by atoms with Gasteiger partial charge in [-0.3, -0.25) is 4.79 Å². The van der Waals surface area contributed by atoms with E-state index in [-0.39, 0.29) is 5.56 Å². The van der Waals surface area contributed by atoms with Gasteiger partial charge >= 0.3 is 0 Å². The molecule has 0 atom stereocenters. The molecule has 0 aliphatic carbocycles. The SMILES string of the molecule is O=c1[nH]cnc(-n2cc(Cl)cn2)c1I. The maximum absolute atomic E-state index is 11.2. The molecular formula is C7H4ClIN4O. The van der Waals surface area contributed by atoms with Gasteiger partial charge in [0.1, 0.15) is 3.57 Å². The summed E-state index contributed by atoms with van der Waals surface area (Å²) in [5, 5.41) is 4.46. The van der Waals surface area contributed by atoms with Crippen LogP contribution in [0.4, 0.5) is 0 Å². The minimum absolute atomic E-state index is 0.192. The van der Waals surface area contributed by atoms with Gasteiger partial charge in [0, 0.05) is 0 Å². The van der Waals surface area contributed by atoms with Gasteiger partial charge < -0.3 is 4.98 Å². The first-order valence-corrected chi connectivity index (χ1v) is 5.08. The van der Waals surface area contributed by atoms with Gasteiger partial charge in [0.15, 0.2) is 5.82 Å².